The van der Waals surface area contributed by atoms with Crippen LogP contribution in [-0.4, -0.2) is 24.2 Å². The quantitative estimate of drug-likeness (QED) is 0.617. The Labute approximate surface area is 146 Å². The SMILES string of the molecule is Cc1ccccc1SCC(=O)OCC(=O)N[C@@H](C)c1ccccc1. The van der Waals surface area contributed by atoms with Gasteiger partial charge in [0, 0.05) is 4.90 Å². The molecule has 0 spiro atoms. The zero-order valence-electron chi connectivity index (χ0n) is 13.8. The summed E-state index contributed by atoms with van der Waals surface area (Å²) >= 11 is 1.41. The standard InChI is InChI=1S/C19H21NO3S/c1-14-8-6-7-11-17(14)24-13-19(22)23-12-18(21)20-15(2)16-9-4-3-5-10-16/h3-11,15H,12-13H2,1-2H3,(H,20,21)/t15-/m0/s1. The predicted octanol–water partition coefficient (Wildman–Crippen LogP) is 3.51. The average molecular weight is 343 g/mol. The van der Waals surface area contributed by atoms with E-state index in [9.17, 15) is 9.59 Å². The van der Waals surface area contributed by atoms with Crippen LogP contribution in [0.3, 0.4) is 0 Å². The van der Waals surface area contributed by atoms with Crippen LogP contribution < -0.4 is 5.32 Å². The predicted molar refractivity (Wildman–Crippen MR) is 95.9 cm³/mol. The van der Waals surface area contributed by atoms with Gasteiger partial charge in [0.15, 0.2) is 6.61 Å². The summed E-state index contributed by atoms with van der Waals surface area (Å²) in [4.78, 5) is 24.7. The van der Waals surface area contributed by atoms with Crippen molar-refractivity contribution in [3.8, 4) is 0 Å². The van der Waals surface area contributed by atoms with Crippen molar-refractivity contribution in [3.63, 3.8) is 0 Å². The fourth-order valence-corrected chi connectivity index (χ4v) is 2.98. The molecular weight excluding hydrogens is 322 g/mol. The molecule has 126 valence electrons. The highest BCUT2D eigenvalue weighted by atomic mass is 32.2. The van der Waals surface area contributed by atoms with E-state index in [1.54, 1.807) is 0 Å². The van der Waals surface area contributed by atoms with Gasteiger partial charge in [0.2, 0.25) is 0 Å². The molecule has 24 heavy (non-hydrogen) atoms. The Morgan fingerprint density at radius 3 is 2.46 bits per heavy atom. The van der Waals surface area contributed by atoms with Gasteiger partial charge < -0.3 is 10.1 Å². The third-order valence-electron chi connectivity index (χ3n) is 3.48. The van der Waals surface area contributed by atoms with Crippen molar-refractivity contribution in [2.45, 2.75) is 24.8 Å². The number of carbonyl (C=O) groups is 2. The molecule has 0 aliphatic rings. The van der Waals surface area contributed by atoms with Crippen LogP contribution >= 0.6 is 11.8 Å². The van der Waals surface area contributed by atoms with Crippen LogP contribution in [0.4, 0.5) is 0 Å². The number of hydrogen-bond acceptors (Lipinski definition) is 4. The van der Waals surface area contributed by atoms with Crippen molar-refractivity contribution in [2.24, 2.45) is 0 Å². The van der Waals surface area contributed by atoms with E-state index in [4.69, 9.17) is 4.74 Å². The minimum absolute atomic E-state index is 0.126. The number of carbonyl (C=O) groups excluding carboxylic acids is 2. The van der Waals surface area contributed by atoms with Crippen LogP contribution in [-0.2, 0) is 14.3 Å². The second kappa shape index (κ2) is 9.13. The van der Waals surface area contributed by atoms with E-state index in [1.807, 2.05) is 68.4 Å². The van der Waals surface area contributed by atoms with Crippen molar-refractivity contribution < 1.29 is 14.3 Å². The van der Waals surface area contributed by atoms with Gasteiger partial charge in [-0.25, -0.2) is 0 Å². The lowest BCUT2D eigenvalue weighted by Crippen LogP contribution is -2.31. The molecule has 0 saturated heterocycles. The molecule has 0 fully saturated rings. The van der Waals surface area contributed by atoms with Crippen LogP contribution in [0.15, 0.2) is 59.5 Å². The van der Waals surface area contributed by atoms with Crippen LogP contribution in [0.25, 0.3) is 0 Å². The first-order valence-corrected chi connectivity index (χ1v) is 8.73. The number of nitrogens with one attached hydrogen (secondary N) is 1. The lowest BCUT2D eigenvalue weighted by Gasteiger charge is -2.14. The lowest BCUT2D eigenvalue weighted by molar-refractivity contribution is -0.146. The maximum atomic E-state index is 11.9. The first kappa shape index (κ1) is 18.1. The van der Waals surface area contributed by atoms with E-state index in [1.165, 1.54) is 11.8 Å². The van der Waals surface area contributed by atoms with Gasteiger partial charge in [-0.05, 0) is 31.0 Å². The minimum Gasteiger partial charge on any atom is -0.455 e. The van der Waals surface area contributed by atoms with Gasteiger partial charge in [-0.3, -0.25) is 9.59 Å². The average Bonchev–Trinajstić information content (AvgIpc) is 2.60. The fourth-order valence-electron chi connectivity index (χ4n) is 2.15. The molecule has 1 atom stereocenters. The zero-order chi connectivity index (χ0) is 17.4. The van der Waals surface area contributed by atoms with Crippen molar-refractivity contribution in [2.75, 3.05) is 12.4 Å². The summed E-state index contributed by atoms with van der Waals surface area (Å²) in [5, 5.41) is 2.81. The maximum absolute atomic E-state index is 11.9. The molecule has 0 radical (unpaired) electrons. The summed E-state index contributed by atoms with van der Waals surface area (Å²) in [5.41, 5.74) is 2.12. The van der Waals surface area contributed by atoms with Gasteiger partial charge in [-0.1, -0.05) is 48.5 Å². The molecule has 2 rings (SSSR count). The molecular formula is C19H21NO3S. The Bertz CT molecular complexity index is 688. The molecule has 1 N–H and O–H groups in total. The monoisotopic (exact) mass is 343 g/mol. The van der Waals surface area contributed by atoms with Gasteiger partial charge in [0.25, 0.3) is 5.91 Å². The summed E-state index contributed by atoms with van der Waals surface area (Å²) < 4.78 is 5.03. The fraction of sp³-hybridized carbons (Fsp3) is 0.263. The highest BCUT2D eigenvalue weighted by Gasteiger charge is 2.12. The van der Waals surface area contributed by atoms with Gasteiger partial charge in [-0.15, -0.1) is 11.8 Å². The van der Waals surface area contributed by atoms with Crippen molar-refractivity contribution in [3.05, 3.63) is 65.7 Å². The van der Waals surface area contributed by atoms with Crippen LogP contribution in [0.2, 0.25) is 0 Å². The van der Waals surface area contributed by atoms with E-state index in [0.29, 0.717) is 0 Å². The van der Waals surface area contributed by atoms with E-state index in [0.717, 1.165) is 16.0 Å². The molecule has 0 unspecified atom stereocenters. The van der Waals surface area contributed by atoms with E-state index in [-0.39, 0.29) is 24.3 Å². The molecule has 2 aromatic carbocycles. The first-order chi connectivity index (χ1) is 11.6. The Kier molecular flexibility index (Phi) is 6.88. The van der Waals surface area contributed by atoms with Crippen molar-refractivity contribution in [1.29, 1.82) is 0 Å². The van der Waals surface area contributed by atoms with Crippen molar-refractivity contribution in [1.82, 2.24) is 5.32 Å². The number of esters is 1. The Morgan fingerprint density at radius 1 is 1.08 bits per heavy atom. The molecule has 0 bridgehead atoms. The normalized spacial score (nSPS) is 11.6. The molecule has 4 nitrogen and oxygen atoms in total. The van der Waals surface area contributed by atoms with Crippen LogP contribution in [0, 0.1) is 6.92 Å². The largest absolute Gasteiger partial charge is 0.455 e. The summed E-state index contributed by atoms with van der Waals surface area (Å²) in [6.45, 7) is 3.62. The minimum atomic E-state index is -0.397. The highest BCUT2D eigenvalue weighted by Crippen LogP contribution is 2.21. The molecule has 0 aliphatic heterocycles. The molecule has 2 aromatic rings. The molecule has 0 heterocycles. The first-order valence-electron chi connectivity index (χ1n) is 7.74. The topological polar surface area (TPSA) is 55.4 Å². The van der Waals surface area contributed by atoms with Crippen molar-refractivity contribution >= 4 is 23.6 Å². The Morgan fingerprint density at radius 2 is 1.75 bits per heavy atom. The van der Waals surface area contributed by atoms with Gasteiger partial charge in [-0.2, -0.15) is 0 Å². The third kappa shape index (κ3) is 5.74. The number of hydrogen-bond donors (Lipinski definition) is 1. The van der Waals surface area contributed by atoms with Gasteiger partial charge in [0.05, 0.1) is 11.8 Å². The maximum Gasteiger partial charge on any atom is 0.316 e. The Hall–Kier alpha value is -2.27. The second-order valence-corrected chi connectivity index (χ2v) is 6.43. The number of aryl methyl sites for hydroxylation is 1. The van der Waals surface area contributed by atoms with E-state index >= 15 is 0 Å². The summed E-state index contributed by atoms with van der Waals surface area (Å²) in [5.74, 6) is -0.516. The number of rotatable bonds is 7. The number of amides is 1. The van der Waals surface area contributed by atoms with E-state index in [2.05, 4.69) is 5.32 Å². The molecule has 0 aliphatic carbocycles. The van der Waals surface area contributed by atoms with Gasteiger partial charge >= 0.3 is 5.97 Å². The molecule has 0 saturated carbocycles. The number of benzene rings is 2. The lowest BCUT2D eigenvalue weighted by atomic mass is 10.1. The molecule has 5 heteroatoms. The summed E-state index contributed by atoms with van der Waals surface area (Å²) in [6, 6.07) is 17.3. The third-order valence-corrected chi connectivity index (χ3v) is 4.63. The smallest absolute Gasteiger partial charge is 0.316 e. The van der Waals surface area contributed by atoms with E-state index < -0.39 is 5.97 Å². The highest BCUT2D eigenvalue weighted by molar-refractivity contribution is 8.00. The van der Waals surface area contributed by atoms with Crippen LogP contribution in [0.1, 0.15) is 24.1 Å². The van der Waals surface area contributed by atoms with Crippen LogP contribution in [0.5, 0.6) is 0 Å². The Balaban J connectivity index is 1.71. The summed E-state index contributed by atoms with van der Waals surface area (Å²) in [7, 11) is 0. The second-order valence-electron chi connectivity index (χ2n) is 5.41. The molecule has 1 amide bonds. The zero-order valence-corrected chi connectivity index (χ0v) is 14.6. The summed E-state index contributed by atoms with van der Waals surface area (Å²) in [6.07, 6.45) is 0. The van der Waals surface area contributed by atoms with Gasteiger partial charge in [0.1, 0.15) is 0 Å². The number of ether oxygens (including phenoxy) is 1. The molecule has 0 aromatic heterocycles. The number of thioether (sulfide) groups is 1.